The minimum Gasteiger partial charge on any atom is -0.329 e. The summed E-state index contributed by atoms with van der Waals surface area (Å²) in [5, 5.41) is 4.49. The van der Waals surface area contributed by atoms with Crippen molar-refractivity contribution < 1.29 is 0 Å². The van der Waals surface area contributed by atoms with Gasteiger partial charge >= 0.3 is 0 Å². The molecule has 1 aliphatic rings. The molecule has 0 spiro atoms. The number of likely N-dealkylation sites (N-methyl/N-ethyl adjacent to an activating group) is 1. The van der Waals surface area contributed by atoms with E-state index in [9.17, 15) is 0 Å². The fourth-order valence-corrected chi connectivity index (χ4v) is 2.96. The van der Waals surface area contributed by atoms with Gasteiger partial charge in [0.25, 0.3) is 0 Å². The Morgan fingerprint density at radius 1 is 1.33 bits per heavy atom. The van der Waals surface area contributed by atoms with Crippen LogP contribution >= 0.6 is 0 Å². The molecule has 1 aromatic heterocycles. The van der Waals surface area contributed by atoms with Crippen LogP contribution in [0.3, 0.4) is 0 Å². The molecule has 1 heterocycles. The van der Waals surface area contributed by atoms with Gasteiger partial charge in [-0.25, -0.2) is 4.68 Å². The van der Waals surface area contributed by atoms with Crippen molar-refractivity contribution in [3.8, 4) is 5.69 Å². The van der Waals surface area contributed by atoms with Gasteiger partial charge in [-0.05, 0) is 44.9 Å². The third-order valence-corrected chi connectivity index (χ3v) is 4.67. The maximum atomic E-state index is 6.03. The lowest BCUT2D eigenvalue weighted by atomic mass is 10.1. The fourth-order valence-electron chi connectivity index (χ4n) is 2.96. The predicted octanol–water partition coefficient (Wildman–Crippen LogP) is 2.60. The first-order valence-electron chi connectivity index (χ1n) is 7.72. The van der Waals surface area contributed by atoms with E-state index < -0.39 is 0 Å². The van der Waals surface area contributed by atoms with Gasteiger partial charge in [-0.15, -0.1) is 0 Å². The van der Waals surface area contributed by atoms with Crippen LogP contribution in [0.15, 0.2) is 42.7 Å². The van der Waals surface area contributed by atoms with Crippen LogP contribution in [0.5, 0.6) is 0 Å². The molecule has 2 N–H and O–H groups in total. The predicted molar refractivity (Wildman–Crippen MR) is 85.3 cm³/mol. The molecule has 1 aromatic carbocycles. The molecule has 2 unspecified atom stereocenters. The quantitative estimate of drug-likeness (QED) is 0.887. The molecule has 4 heteroatoms. The van der Waals surface area contributed by atoms with Crippen molar-refractivity contribution in [2.45, 2.75) is 31.8 Å². The molecule has 1 aliphatic carbocycles. The average molecular weight is 284 g/mol. The van der Waals surface area contributed by atoms with E-state index in [1.807, 2.05) is 29.1 Å². The first-order chi connectivity index (χ1) is 10.2. The van der Waals surface area contributed by atoms with Crippen molar-refractivity contribution in [3.63, 3.8) is 0 Å². The standard InChI is InChI=1S/C17H24N4/c1-13(14-8-9-14)20(2)17(10-18)15-11-19-21(12-15)16-6-4-3-5-7-16/h3-7,11-14,17H,8-10,18H2,1-2H3. The third kappa shape index (κ3) is 3.01. The second kappa shape index (κ2) is 6.00. The minimum absolute atomic E-state index is 0.234. The Bertz CT molecular complexity index is 573. The topological polar surface area (TPSA) is 47.1 Å². The van der Waals surface area contributed by atoms with Gasteiger partial charge in [-0.2, -0.15) is 5.10 Å². The maximum Gasteiger partial charge on any atom is 0.0645 e. The Morgan fingerprint density at radius 3 is 2.67 bits per heavy atom. The van der Waals surface area contributed by atoms with Gasteiger partial charge in [0.2, 0.25) is 0 Å². The van der Waals surface area contributed by atoms with Crippen LogP contribution in [0.2, 0.25) is 0 Å². The van der Waals surface area contributed by atoms with Crippen LogP contribution in [0.1, 0.15) is 31.4 Å². The van der Waals surface area contributed by atoms with Crippen molar-refractivity contribution >= 4 is 0 Å². The fraction of sp³-hybridized carbons (Fsp3) is 0.471. The molecule has 1 fully saturated rings. The molecule has 2 aromatic rings. The zero-order valence-corrected chi connectivity index (χ0v) is 12.8. The number of nitrogens with zero attached hydrogens (tertiary/aromatic N) is 3. The lowest BCUT2D eigenvalue weighted by Gasteiger charge is -2.32. The van der Waals surface area contributed by atoms with Gasteiger partial charge < -0.3 is 5.73 Å². The molecule has 21 heavy (non-hydrogen) atoms. The van der Waals surface area contributed by atoms with Crippen LogP contribution in [-0.4, -0.2) is 34.3 Å². The van der Waals surface area contributed by atoms with E-state index >= 15 is 0 Å². The Hall–Kier alpha value is -1.65. The lowest BCUT2D eigenvalue weighted by molar-refractivity contribution is 0.171. The lowest BCUT2D eigenvalue weighted by Crippen LogP contribution is -2.38. The summed E-state index contributed by atoms with van der Waals surface area (Å²) >= 11 is 0. The highest BCUT2D eigenvalue weighted by Gasteiger charge is 2.33. The first kappa shape index (κ1) is 14.3. The van der Waals surface area contributed by atoms with E-state index in [4.69, 9.17) is 5.73 Å². The van der Waals surface area contributed by atoms with Gasteiger partial charge in [0.1, 0.15) is 0 Å². The Labute approximate surface area is 126 Å². The summed E-state index contributed by atoms with van der Waals surface area (Å²) < 4.78 is 1.92. The molecule has 112 valence electrons. The van der Waals surface area contributed by atoms with Gasteiger partial charge in [0, 0.05) is 24.3 Å². The molecule has 0 radical (unpaired) electrons. The number of para-hydroxylation sites is 1. The number of nitrogens with two attached hydrogens (primary N) is 1. The van der Waals surface area contributed by atoms with Crippen LogP contribution in [0.4, 0.5) is 0 Å². The van der Waals surface area contributed by atoms with E-state index in [0.717, 1.165) is 11.6 Å². The monoisotopic (exact) mass is 284 g/mol. The molecular weight excluding hydrogens is 260 g/mol. The van der Waals surface area contributed by atoms with Gasteiger partial charge in [-0.1, -0.05) is 18.2 Å². The minimum atomic E-state index is 0.234. The van der Waals surface area contributed by atoms with Crippen molar-refractivity contribution in [1.82, 2.24) is 14.7 Å². The van der Waals surface area contributed by atoms with Crippen LogP contribution in [-0.2, 0) is 0 Å². The summed E-state index contributed by atoms with van der Waals surface area (Å²) in [5.74, 6) is 0.841. The summed E-state index contributed by atoms with van der Waals surface area (Å²) in [6.07, 6.45) is 6.75. The Morgan fingerprint density at radius 2 is 2.05 bits per heavy atom. The van der Waals surface area contributed by atoms with E-state index in [-0.39, 0.29) is 6.04 Å². The van der Waals surface area contributed by atoms with E-state index in [1.54, 1.807) is 0 Å². The van der Waals surface area contributed by atoms with Gasteiger partial charge in [-0.3, -0.25) is 4.90 Å². The maximum absolute atomic E-state index is 6.03. The summed E-state index contributed by atoms with van der Waals surface area (Å²) in [7, 11) is 2.18. The van der Waals surface area contributed by atoms with E-state index in [2.05, 4.69) is 42.3 Å². The molecule has 0 saturated heterocycles. The highest BCUT2D eigenvalue weighted by atomic mass is 15.3. The normalized spacial score (nSPS) is 17.9. The van der Waals surface area contributed by atoms with E-state index in [0.29, 0.717) is 12.6 Å². The molecule has 0 bridgehead atoms. The highest BCUT2D eigenvalue weighted by Crippen LogP contribution is 2.37. The van der Waals surface area contributed by atoms with Crippen LogP contribution in [0.25, 0.3) is 5.69 Å². The number of hydrogen-bond acceptors (Lipinski definition) is 3. The Balaban J connectivity index is 1.80. The molecular formula is C17H24N4. The molecule has 3 rings (SSSR count). The van der Waals surface area contributed by atoms with Crippen molar-refractivity contribution in [2.24, 2.45) is 11.7 Å². The molecule has 2 atom stereocenters. The van der Waals surface area contributed by atoms with Gasteiger partial charge in [0.15, 0.2) is 0 Å². The van der Waals surface area contributed by atoms with E-state index in [1.165, 1.54) is 18.4 Å². The van der Waals surface area contributed by atoms with Crippen molar-refractivity contribution in [3.05, 3.63) is 48.3 Å². The number of aromatic nitrogens is 2. The third-order valence-electron chi connectivity index (χ3n) is 4.67. The highest BCUT2D eigenvalue weighted by molar-refractivity contribution is 5.31. The number of benzene rings is 1. The van der Waals surface area contributed by atoms with Crippen LogP contribution in [0, 0.1) is 5.92 Å². The Kier molecular flexibility index (Phi) is 4.08. The molecule has 0 amide bonds. The SMILES string of the molecule is CC(C1CC1)N(C)C(CN)c1cnn(-c2ccccc2)c1. The zero-order valence-electron chi connectivity index (χ0n) is 12.8. The molecule has 1 saturated carbocycles. The summed E-state index contributed by atoms with van der Waals surface area (Å²) in [4.78, 5) is 2.41. The first-order valence-corrected chi connectivity index (χ1v) is 7.72. The van der Waals surface area contributed by atoms with Crippen molar-refractivity contribution in [2.75, 3.05) is 13.6 Å². The summed E-state index contributed by atoms with van der Waals surface area (Å²) in [5.41, 5.74) is 8.31. The van der Waals surface area contributed by atoms with Crippen LogP contribution < -0.4 is 5.73 Å². The smallest absolute Gasteiger partial charge is 0.0645 e. The largest absolute Gasteiger partial charge is 0.329 e. The number of rotatable bonds is 6. The number of hydrogen-bond donors (Lipinski definition) is 1. The molecule has 4 nitrogen and oxygen atoms in total. The average Bonchev–Trinajstić information content (AvgIpc) is 3.26. The summed E-state index contributed by atoms with van der Waals surface area (Å²) in [6, 6.07) is 11.0. The molecule has 0 aliphatic heterocycles. The second-order valence-electron chi connectivity index (χ2n) is 6.05. The second-order valence-corrected chi connectivity index (χ2v) is 6.05. The summed E-state index contributed by atoms with van der Waals surface area (Å²) in [6.45, 7) is 2.93. The van der Waals surface area contributed by atoms with Crippen molar-refractivity contribution in [1.29, 1.82) is 0 Å². The zero-order chi connectivity index (χ0) is 14.8. The van der Waals surface area contributed by atoms with Gasteiger partial charge in [0.05, 0.1) is 17.9 Å².